The molecule has 1 aromatic heterocycles. The molecule has 2 heterocycles. The van der Waals surface area contributed by atoms with Crippen LogP contribution in [-0.2, 0) is 0 Å². The van der Waals surface area contributed by atoms with Gasteiger partial charge >= 0.3 is 6.09 Å². The van der Waals surface area contributed by atoms with E-state index in [-0.39, 0.29) is 6.04 Å². The van der Waals surface area contributed by atoms with E-state index < -0.39 is 6.09 Å². The molecule has 18 heavy (non-hydrogen) atoms. The van der Waals surface area contributed by atoms with E-state index in [1.54, 1.807) is 19.4 Å². The third kappa shape index (κ3) is 2.90. The fraction of sp³-hybridized carbons (Fsp3) is 0.545. The maximum absolute atomic E-state index is 11.0. The van der Waals surface area contributed by atoms with Crippen LogP contribution in [0.25, 0.3) is 0 Å². The van der Waals surface area contributed by atoms with Gasteiger partial charge in [-0.1, -0.05) is 0 Å². The van der Waals surface area contributed by atoms with Crippen LogP contribution in [0.4, 0.5) is 10.7 Å². The first kappa shape index (κ1) is 13.1. The van der Waals surface area contributed by atoms with Crippen molar-refractivity contribution in [1.82, 2.24) is 14.9 Å². The zero-order valence-electron chi connectivity index (χ0n) is 10.1. The maximum Gasteiger partial charge on any atom is 0.407 e. The molecule has 0 saturated carbocycles. The lowest BCUT2D eigenvalue weighted by Gasteiger charge is -2.36. The number of anilines is 1. The second-order valence-corrected chi connectivity index (χ2v) is 5.25. The van der Waals surface area contributed by atoms with Crippen molar-refractivity contribution in [2.24, 2.45) is 0 Å². The fourth-order valence-corrected chi connectivity index (χ4v) is 2.28. The number of carbonyl (C=O) groups is 1. The molecule has 1 aromatic rings. The summed E-state index contributed by atoms with van der Waals surface area (Å²) >= 11 is 3.29. The molecule has 0 spiro atoms. The predicted octanol–water partition coefficient (Wildman–Crippen LogP) is 1.82. The van der Waals surface area contributed by atoms with E-state index in [1.165, 1.54) is 4.90 Å². The Bertz CT molecular complexity index is 426. The molecular formula is C11H15BrN4O2. The summed E-state index contributed by atoms with van der Waals surface area (Å²) in [5.41, 5.74) is 0. The smallest absolute Gasteiger partial charge is 0.407 e. The number of nitrogens with zero attached hydrogens (tertiary/aromatic N) is 4. The highest BCUT2D eigenvalue weighted by Crippen LogP contribution is 2.19. The highest BCUT2D eigenvalue weighted by atomic mass is 79.9. The van der Waals surface area contributed by atoms with Gasteiger partial charge < -0.3 is 14.9 Å². The Morgan fingerprint density at radius 3 is 2.83 bits per heavy atom. The summed E-state index contributed by atoms with van der Waals surface area (Å²) in [4.78, 5) is 22.8. The van der Waals surface area contributed by atoms with Gasteiger partial charge in [-0.25, -0.2) is 14.8 Å². The number of aromatic nitrogens is 2. The molecule has 7 heteroatoms. The minimum atomic E-state index is -0.890. The van der Waals surface area contributed by atoms with Gasteiger partial charge in [0.2, 0.25) is 5.95 Å². The van der Waals surface area contributed by atoms with Gasteiger partial charge in [-0.05, 0) is 28.8 Å². The topological polar surface area (TPSA) is 69.6 Å². The summed E-state index contributed by atoms with van der Waals surface area (Å²) in [6, 6.07) is 0.00324. The Morgan fingerprint density at radius 2 is 2.22 bits per heavy atom. The van der Waals surface area contributed by atoms with Gasteiger partial charge in [0, 0.05) is 32.5 Å². The van der Waals surface area contributed by atoms with Gasteiger partial charge in [-0.2, -0.15) is 0 Å². The van der Waals surface area contributed by atoms with Crippen LogP contribution in [0.1, 0.15) is 12.8 Å². The third-order valence-electron chi connectivity index (χ3n) is 3.14. The van der Waals surface area contributed by atoms with Crippen molar-refractivity contribution in [3.8, 4) is 0 Å². The van der Waals surface area contributed by atoms with Gasteiger partial charge in [0.05, 0.1) is 10.5 Å². The highest BCUT2D eigenvalue weighted by Gasteiger charge is 2.26. The molecule has 1 amide bonds. The van der Waals surface area contributed by atoms with Crippen molar-refractivity contribution in [2.45, 2.75) is 18.9 Å². The molecule has 0 bridgehead atoms. The SMILES string of the molecule is CN(C(=O)O)C1CCCN(c2ncc(Br)cn2)C1. The van der Waals surface area contributed by atoms with Crippen molar-refractivity contribution in [3.63, 3.8) is 0 Å². The summed E-state index contributed by atoms with van der Waals surface area (Å²) in [5, 5.41) is 9.00. The standard InChI is InChI=1S/C11H15BrN4O2/c1-15(11(17)18)9-3-2-4-16(7-9)10-13-5-8(12)6-14-10/h5-6,9H,2-4,7H2,1H3,(H,17,18). The van der Waals surface area contributed by atoms with Crippen molar-refractivity contribution in [3.05, 3.63) is 16.9 Å². The molecule has 1 N–H and O–H groups in total. The number of hydrogen-bond acceptors (Lipinski definition) is 4. The Balaban J connectivity index is 2.06. The summed E-state index contributed by atoms with van der Waals surface area (Å²) in [7, 11) is 1.61. The lowest BCUT2D eigenvalue weighted by Crippen LogP contribution is -2.48. The molecule has 1 aliphatic rings. The van der Waals surface area contributed by atoms with Crippen LogP contribution in [0, 0.1) is 0 Å². The molecule has 0 radical (unpaired) electrons. The van der Waals surface area contributed by atoms with Gasteiger partial charge in [-0.15, -0.1) is 0 Å². The minimum Gasteiger partial charge on any atom is -0.465 e. The van der Waals surface area contributed by atoms with Crippen molar-refractivity contribution in [2.75, 3.05) is 25.0 Å². The van der Waals surface area contributed by atoms with E-state index >= 15 is 0 Å². The molecule has 0 aromatic carbocycles. The van der Waals surface area contributed by atoms with Gasteiger partial charge in [0.25, 0.3) is 0 Å². The number of halogens is 1. The molecule has 1 fully saturated rings. The quantitative estimate of drug-likeness (QED) is 0.901. The highest BCUT2D eigenvalue weighted by molar-refractivity contribution is 9.10. The van der Waals surface area contributed by atoms with Crippen LogP contribution in [-0.4, -0.2) is 52.2 Å². The lowest BCUT2D eigenvalue weighted by molar-refractivity contribution is 0.133. The van der Waals surface area contributed by atoms with Gasteiger partial charge in [0.1, 0.15) is 0 Å². The molecule has 1 aliphatic heterocycles. The largest absolute Gasteiger partial charge is 0.465 e. The number of rotatable bonds is 2. The Labute approximate surface area is 114 Å². The molecule has 98 valence electrons. The first-order valence-corrected chi connectivity index (χ1v) is 6.55. The van der Waals surface area contributed by atoms with Crippen molar-refractivity contribution >= 4 is 28.0 Å². The monoisotopic (exact) mass is 314 g/mol. The summed E-state index contributed by atoms with van der Waals surface area (Å²) in [5.74, 6) is 0.654. The van der Waals surface area contributed by atoms with E-state index in [9.17, 15) is 4.79 Å². The minimum absolute atomic E-state index is 0.00324. The van der Waals surface area contributed by atoms with E-state index in [2.05, 4.69) is 25.9 Å². The number of carboxylic acid groups (broad SMARTS) is 1. The van der Waals surface area contributed by atoms with Crippen LogP contribution >= 0.6 is 15.9 Å². The molecule has 1 saturated heterocycles. The van der Waals surface area contributed by atoms with E-state index in [1.807, 2.05) is 4.90 Å². The third-order valence-corrected chi connectivity index (χ3v) is 3.55. The normalized spacial score (nSPS) is 19.7. The van der Waals surface area contributed by atoms with Crippen LogP contribution in [0.2, 0.25) is 0 Å². The summed E-state index contributed by atoms with van der Waals surface area (Å²) < 4.78 is 0.836. The fourth-order valence-electron chi connectivity index (χ4n) is 2.08. The summed E-state index contributed by atoms with van der Waals surface area (Å²) in [6.45, 7) is 1.51. The van der Waals surface area contributed by atoms with Crippen LogP contribution in [0.15, 0.2) is 16.9 Å². The number of amides is 1. The number of hydrogen-bond donors (Lipinski definition) is 1. The van der Waals surface area contributed by atoms with Gasteiger partial charge in [0.15, 0.2) is 0 Å². The van der Waals surface area contributed by atoms with Crippen molar-refractivity contribution in [1.29, 1.82) is 0 Å². The van der Waals surface area contributed by atoms with E-state index in [0.29, 0.717) is 12.5 Å². The number of piperidine rings is 1. The molecule has 1 atom stereocenters. The molecule has 2 rings (SSSR count). The number of likely N-dealkylation sites (N-methyl/N-ethyl adjacent to an activating group) is 1. The van der Waals surface area contributed by atoms with Crippen LogP contribution in [0.3, 0.4) is 0 Å². The zero-order valence-corrected chi connectivity index (χ0v) is 11.7. The first-order valence-electron chi connectivity index (χ1n) is 5.76. The Hall–Kier alpha value is -1.37. The van der Waals surface area contributed by atoms with Crippen molar-refractivity contribution < 1.29 is 9.90 Å². The lowest BCUT2D eigenvalue weighted by atomic mass is 10.1. The Morgan fingerprint density at radius 1 is 1.56 bits per heavy atom. The second-order valence-electron chi connectivity index (χ2n) is 4.34. The molecular weight excluding hydrogens is 300 g/mol. The predicted molar refractivity (Wildman–Crippen MR) is 70.8 cm³/mol. The Kier molecular flexibility index (Phi) is 4.00. The molecule has 1 unspecified atom stereocenters. The first-order chi connectivity index (χ1) is 8.58. The van der Waals surface area contributed by atoms with Gasteiger partial charge in [-0.3, -0.25) is 0 Å². The molecule has 6 nitrogen and oxygen atoms in total. The average Bonchev–Trinajstić information content (AvgIpc) is 2.38. The van der Waals surface area contributed by atoms with Crippen LogP contribution in [0.5, 0.6) is 0 Å². The second kappa shape index (κ2) is 5.51. The molecule has 0 aliphatic carbocycles. The van der Waals surface area contributed by atoms with Crippen LogP contribution < -0.4 is 4.90 Å². The maximum atomic E-state index is 11.0. The zero-order chi connectivity index (χ0) is 13.1. The van der Waals surface area contributed by atoms with E-state index in [4.69, 9.17) is 5.11 Å². The summed E-state index contributed by atoms with van der Waals surface area (Å²) in [6.07, 6.45) is 4.34. The average molecular weight is 315 g/mol. The van der Waals surface area contributed by atoms with E-state index in [0.717, 1.165) is 23.9 Å².